The zero-order valence-electron chi connectivity index (χ0n) is 20.4. The molecule has 5 nitrogen and oxygen atoms in total. The van der Waals surface area contributed by atoms with Gasteiger partial charge in [-0.05, 0) is 102 Å². The topological polar surface area (TPSA) is 71.3 Å². The second kappa shape index (κ2) is 12.4. The summed E-state index contributed by atoms with van der Waals surface area (Å²) in [6.45, 7) is 8.96. The van der Waals surface area contributed by atoms with Crippen LogP contribution in [0, 0.1) is 28.7 Å². The van der Waals surface area contributed by atoms with Crippen LogP contribution < -0.4 is 14.8 Å². The van der Waals surface area contributed by atoms with Crippen LogP contribution in [0.5, 0.6) is 11.5 Å². The highest BCUT2D eigenvalue weighted by molar-refractivity contribution is 14.1. The Bertz CT molecular complexity index is 1290. The van der Waals surface area contributed by atoms with Crippen molar-refractivity contribution >= 4 is 40.3 Å². The van der Waals surface area contributed by atoms with Crippen LogP contribution in [0.3, 0.4) is 0 Å². The molecule has 3 aromatic carbocycles. The Morgan fingerprint density at radius 2 is 1.83 bits per heavy atom. The highest BCUT2D eigenvalue weighted by Crippen LogP contribution is 2.35. The zero-order chi connectivity index (χ0) is 25.4. The number of nitrogens with one attached hydrogen (secondary N) is 1. The van der Waals surface area contributed by atoms with E-state index >= 15 is 0 Å². The van der Waals surface area contributed by atoms with Crippen LogP contribution >= 0.6 is 22.6 Å². The van der Waals surface area contributed by atoms with Gasteiger partial charge in [0.05, 0.1) is 10.2 Å². The van der Waals surface area contributed by atoms with Crippen LogP contribution in [-0.2, 0) is 17.8 Å². The first kappa shape index (κ1) is 26.3. The van der Waals surface area contributed by atoms with Crippen LogP contribution in [-0.4, -0.2) is 12.5 Å². The van der Waals surface area contributed by atoms with Gasteiger partial charge in [-0.25, -0.2) is 0 Å². The van der Waals surface area contributed by atoms with Crippen LogP contribution in [0.15, 0.2) is 60.2 Å². The van der Waals surface area contributed by atoms with Gasteiger partial charge in [0.25, 0.3) is 5.91 Å². The molecule has 6 heteroatoms. The number of benzene rings is 3. The fourth-order valence-electron chi connectivity index (χ4n) is 3.58. The smallest absolute Gasteiger partial charge is 0.266 e. The summed E-state index contributed by atoms with van der Waals surface area (Å²) in [5, 5.41) is 12.5. The summed E-state index contributed by atoms with van der Waals surface area (Å²) < 4.78 is 12.8. The van der Waals surface area contributed by atoms with E-state index in [1.807, 2.05) is 50.2 Å². The van der Waals surface area contributed by atoms with Gasteiger partial charge in [-0.15, -0.1) is 0 Å². The van der Waals surface area contributed by atoms with E-state index in [9.17, 15) is 10.1 Å². The van der Waals surface area contributed by atoms with Gasteiger partial charge < -0.3 is 14.8 Å². The summed E-state index contributed by atoms with van der Waals surface area (Å²) in [5.74, 6) is 0.766. The molecule has 0 fully saturated rings. The average molecular weight is 580 g/mol. The van der Waals surface area contributed by atoms with Gasteiger partial charge in [-0.3, -0.25) is 4.79 Å². The summed E-state index contributed by atoms with van der Waals surface area (Å²) in [5.41, 5.74) is 5.95. The lowest BCUT2D eigenvalue weighted by atomic mass is 10.1. The second-order valence-corrected chi connectivity index (χ2v) is 9.27. The van der Waals surface area contributed by atoms with E-state index in [1.54, 1.807) is 12.1 Å². The Kier molecular flexibility index (Phi) is 9.32. The molecule has 0 aromatic heterocycles. The Labute approximate surface area is 220 Å². The lowest BCUT2D eigenvalue weighted by molar-refractivity contribution is -0.112. The first-order valence-electron chi connectivity index (χ1n) is 11.5. The molecule has 0 heterocycles. The normalized spacial score (nSPS) is 11.0. The molecule has 0 saturated heterocycles. The molecule has 3 rings (SSSR count). The van der Waals surface area contributed by atoms with E-state index in [2.05, 4.69) is 60.0 Å². The van der Waals surface area contributed by atoms with Gasteiger partial charge >= 0.3 is 0 Å². The number of carbonyl (C=O) groups excluding carboxylic acids is 1. The van der Waals surface area contributed by atoms with Crippen molar-refractivity contribution in [2.45, 2.75) is 40.7 Å². The lowest BCUT2D eigenvalue weighted by Gasteiger charge is -2.15. The predicted octanol–water partition coefficient (Wildman–Crippen LogP) is 6.99. The van der Waals surface area contributed by atoms with Gasteiger partial charge in [0.15, 0.2) is 11.5 Å². The minimum Gasteiger partial charge on any atom is -0.490 e. The molecule has 3 aromatic rings. The Morgan fingerprint density at radius 3 is 2.51 bits per heavy atom. The van der Waals surface area contributed by atoms with Crippen molar-refractivity contribution in [1.29, 1.82) is 5.26 Å². The molecule has 0 aliphatic heterocycles. The van der Waals surface area contributed by atoms with Gasteiger partial charge in [0.2, 0.25) is 0 Å². The van der Waals surface area contributed by atoms with Crippen LogP contribution in [0.25, 0.3) is 6.08 Å². The van der Waals surface area contributed by atoms with E-state index in [-0.39, 0.29) is 5.57 Å². The molecular formula is C29H29IN2O3. The molecule has 0 aliphatic rings. The number of carbonyl (C=O) groups is 1. The van der Waals surface area contributed by atoms with Crippen LogP contribution in [0.1, 0.15) is 41.7 Å². The van der Waals surface area contributed by atoms with Crippen molar-refractivity contribution in [2.24, 2.45) is 0 Å². The SMILES string of the molecule is CCOc1cc(/C=C(\C#N)C(=O)Nc2ccccc2CC)cc(I)c1OCc1ccc(C)c(C)c1. The summed E-state index contributed by atoms with van der Waals surface area (Å²) in [7, 11) is 0. The third-order valence-electron chi connectivity index (χ3n) is 5.61. The number of nitrogens with zero attached hydrogens (tertiary/aromatic N) is 1. The fraction of sp³-hybridized carbons (Fsp3) is 0.241. The number of nitriles is 1. The van der Waals surface area contributed by atoms with E-state index in [4.69, 9.17) is 9.47 Å². The second-order valence-electron chi connectivity index (χ2n) is 8.10. The Morgan fingerprint density at radius 1 is 1.06 bits per heavy atom. The van der Waals surface area contributed by atoms with Crippen molar-refractivity contribution in [2.75, 3.05) is 11.9 Å². The lowest BCUT2D eigenvalue weighted by Crippen LogP contribution is -2.14. The number of anilines is 1. The maximum Gasteiger partial charge on any atom is 0.266 e. The molecule has 0 radical (unpaired) electrons. The summed E-state index contributed by atoms with van der Waals surface area (Å²) in [4.78, 5) is 12.8. The standard InChI is InChI=1S/C29H29IN2O3/c1-5-23-9-7-8-10-26(23)32-29(33)24(17-31)14-22-15-25(30)28(27(16-22)34-6-2)35-18-21-12-11-19(3)20(4)13-21/h7-16H,5-6,18H2,1-4H3,(H,32,33)/b24-14+. The van der Waals surface area contributed by atoms with Crippen molar-refractivity contribution in [3.05, 3.63) is 91.6 Å². The molecule has 0 aliphatic carbocycles. The van der Waals surface area contributed by atoms with Crippen LogP contribution in [0.4, 0.5) is 5.69 Å². The zero-order valence-corrected chi connectivity index (χ0v) is 22.6. The number of amides is 1. The monoisotopic (exact) mass is 580 g/mol. The van der Waals surface area contributed by atoms with Crippen LogP contribution in [0.2, 0.25) is 0 Å². The first-order valence-corrected chi connectivity index (χ1v) is 12.6. The number of ether oxygens (including phenoxy) is 2. The molecule has 0 saturated carbocycles. The Hall–Kier alpha value is -3.31. The Balaban J connectivity index is 1.86. The van der Waals surface area contributed by atoms with Gasteiger partial charge in [-0.1, -0.05) is 43.3 Å². The molecule has 0 bridgehead atoms. The van der Waals surface area contributed by atoms with Crippen molar-refractivity contribution < 1.29 is 14.3 Å². The van der Waals surface area contributed by atoms with Gasteiger partial charge in [-0.2, -0.15) is 5.26 Å². The average Bonchev–Trinajstić information content (AvgIpc) is 2.84. The molecule has 0 unspecified atom stereocenters. The number of halogens is 1. The highest BCUT2D eigenvalue weighted by Gasteiger charge is 2.15. The minimum atomic E-state index is -0.448. The van der Waals surface area contributed by atoms with Gasteiger partial charge in [0.1, 0.15) is 18.2 Å². The minimum absolute atomic E-state index is 0.0120. The van der Waals surface area contributed by atoms with Crippen molar-refractivity contribution in [1.82, 2.24) is 0 Å². The largest absolute Gasteiger partial charge is 0.490 e. The molecule has 1 amide bonds. The number of aryl methyl sites for hydroxylation is 3. The highest BCUT2D eigenvalue weighted by atomic mass is 127. The first-order chi connectivity index (χ1) is 16.9. The van der Waals surface area contributed by atoms with E-state index in [1.165, 1.54) is 11.1 Å². The number of hydrogen-bond donors (Lipinski definition) is 1. The number of hydrogen-bond acceptors (Lipinski definition) is 4. The molecule has 35 heavy (non-hydrogen) atoms. The molecule has 0 atom stereocenters. The summed E-state index contributed by atoms with van der Waals surface area (Å²) in [6.07, 6.45) is 2.35. The molecule has 0 spiro atoms. The summed E-state index contributed by atoms with van der Waals surface area (Å²) in [6, 6.07) is 19.5. The number of rotatable bonds is 9. The third kappa shape index (κ3) is 6.86. The van der Waals surface area contributed by atoms with Crippen molar-refractivity contribution in [3.63, 3.8) is 0 Å². The predicted molar refractivity (Wildman–Crippen MR) is 149 cm³/mol. The van der Waals surface area contributed by atoms with E-state index in [0.29, 0.717) is 36.0 Å². The summed E-state index contributed by atoms with van der Waals surface area (Å²) >= 11 is 2.19. The maximum atomic E-state index is 12.8. The van der Waals surface area contributed by atoms with E-state index < -0.39 is 5.91 Å². The third-order valence-corrected chi connectivity index (χ3v) is 6.41. The van der Waals surface area contributed by atoms with Crippen molar-refractivity contribution in [3.8, 4) is 17.6 Å². The fourth-order valence-corrected chi connectivity index (χ4v) is 4.36. The van der Waals surface area contributed by atoms with E-state index in [0.717, 1.165) is 21.1 Å². The molecule has 180 valence electrons. The van der Waals surface area contributed by atoms with Gasteiger partial charge in [0, 0.05) is 5.69 Å². The molecule has 1 N–H and O–H groups in total. The maximum absolute atomic E-state index is 12.8. The molecular weight excluding hydrogens is 551 g/mol. The quantitative estimate of drug-likeness (QED) is 0.168. The number of para-hydroxylation sites is 1.